The number of carbonyl (C=O) groups is 4. The van der Waals surface area contributed by atoms with Gasteiger partial charge in [-0.3, -0.25) is 9.59 Å². The summed E-state index contributed by atoms with van der Waals surface area (Å²) in [6.45, 7) is 8.77. The summed E-state index contributed by atoms with van der Waals surface area (Å²) in [6, 6.07) is 10.1. The molecule has 16 nitrogen and oxygen atoms in total. The third-order valence-corrected chi connectivity index (χ3v) is 11.0. The lowest BCUT2D eigenvalue weighted by molar-refractivity contribution is -0.136. The lowest BCUT2D eigenvalue weighted by Crippen LogP contribution is -2.51. The van der Waals surface area contributed by atoms with Crippen LogP contribution < -0.4 is 20.1 Å². The zero-order valence-corrected chi connectivity index (χ0v) is 33.1. The Morgan fingerprint density at radius 2 is 1.14 bits per heavy atom. The number of H-pyrrole nitrogens is 2. The number of alkyl carbamates (subject to hydrolysis) is 2. The molecule has 4 N–H and O–H groups in total. The van der Waals surface area contributed by atoms with E-state index in [1.807, 2.05) is 64.1 Å². The number of aromatic nitrogens is 4. The average molecular weight is 783 g/mol. The highest BCUT2D eigenvalue weighted by Crippen LogP contribution is 2.48. The molecule has 0 spiro atoms. The maximum absolute atomic E-state index is 13.6. The zero-order chi connectivity index (χ0) is 40.4. The van der Waals surface area contributed by atoms with Gasteiger partial charge in [0.2, 0.25) is 18.6 Å². The van der Waals surface area contributed by atoms with E-state index >= 15 is 0 Å². The van der Waals surface area contributed by atoms with Crippen molar-refractivity contribution in [3.05, 3.63) is 60.4 Å². The molecule has 2 aromatic carbocycles. The summed E-state index contributed by atoms with van der Waals surface area (Å²) in [6.07, 6.45) is 5.39. The molecule has 4 atom stereocenters. The van der Waals surface area contributed by atoms with Crippen LogP contribution in [0.2, 0.25) is 0 Å². The molecule has 2 fully saturated rings. The van der Waals surface area contributed by atoms with Crippen LogP contribution in [0, 0.1) is 11.8 Å². The van der Waals surface area contributed by atoms with Crippen molar-refractivity contribution < 1.29 is 38.1 Å². The van der Waals surface area contributed by atoms with Gasteiger partial charge in [-0.1, -0.05) is 52.0 Å². The van der Waals surface area contributed by atoms with E-state index in [1.165, 1.54) is 14.2 Å². The third-order valence-electron chi connectivity index (χ3n) is 11.0. The largest absolute Gasteiger partial charge is 0.453 e. The van der Waals surface area contributed by atoms with Gasteiger partial charge >= 0.3 is 12.2 Å². The Morgan fingerprint density at radius 3 is 1.65 bits per heavy atom. The number of aromatic amines is 2. The van der Waals surface area contributed by atoms with Crippen molar-refractivity contribution in [1.29, 1.82) is 0 Å². The number of imidazole rings is 2. The number of likely N-dealkylation sites (tertiary alicyclic amines) is 2. The van der Waals surface area contributed by atoms with Gasteiger partial charge in [0.15, 0.2) is 11.5 Å². The van der Waals surface area contributed by atoms with E-state index in [1.54, 1.807) is 22.2 Å². The predicted molar refractivity (Wildman–Crippen MR) is 209 cm³/mol. The molecule has 302 valence electrons. The van der Waals surface area contributed by atoms with Gasteiger partial charge in [0.05, 0.1) is 50.1 Å². The molecule has 3 aliphatic heterocycles. The van der Waals surface area contributed by atoms with Crippen LogP contribution in [0.4, 0.5) is 9.59 Å². The van der Waals surface area contributed by atoms with Gasteiger partial charge in [0.25, 0.3) is 0 Å². The lowest BCUT2D eigenvalue weighted by Gasteiger charge is -2.30. The van der Waals surface area contributed by atoms with Crippen molar-refractivity contribution in [2.24, 2.45) is 11.8 Å². The minimum Gasteiger partial charge on any atom is -0.453 e. The first-order valence-electron chi connectivity index (χ1n) is 19.4. The molecule has 16 heteroatoms. The first kappa shape index (κ1) is 39.2. The lowest BCUT2D eigenvalue weighted by atomic mass is 9.99. The highest BCUT2D eigenvalue weighted by Gasteiger charge is 2.39. The highest BCUT2D eigenvalue weighted by molar-refractivity contribution is 5.87. The number of rotatable bonds is 11. The molecule has 0 saturated carbocycles. The second kappa shape index (κ2) is 16.6. The van der Waals surface area contributed by atoms with E-state index < -0.39 is 24.3 Å². The van der Waals surface area contributed by atoms with Crippen molar-refractivity contribution in [3.63, 3.8) is 0 Å². The van der Waals surface area contributed by atoms with Crippen molar-refractivity contribution in [3.8, 4) is 45.1 Å². The Hall–Kier alpha value is -6.06. The molecule has 2 saturated heterocycles. The normalized spacial score (nSPS) is 18.5. The van der Waals surface area contributed by atoms with Gasteiger partial charge < -0.3 is 49.3 Å². The number of amides is 4. The van der Waals surface area contributed by atoms with Crippen LogP contribution in [0.15, 0.2) is 48.8 Å². The fourth-order valence-electron chi connectivity index (χ4n) is 7.95. The number of hydrogen-bond donors (Lipinski definition) is 4. The maximum atomic E-state index is 13.6. The van der Waals surface area contributed by atoms with E-state index in [9.17, 15) is 19.2 Å². The van der Waals surface area contributed by atoms with Crippen molar-refractivity contribution in [2.75, 3.05) is 34.1 Å². The first-order chi connectivity index (χ1) is 27.5. The van der Waals surface area contributed by atoms with E-state index in [0.29, 0.717) is 36.2 Å². The van der Waals surface area contributed by atoms with Crippen LogP contribution in [0.5, 0.6) is 11.5 Å². The number of fused-ring (bicyclic) bond motifs is 1. The molecule has 5 heterocycles. The number of nitrogens with zero attached hydrogens (tertiary/aromatic N) is 4. The van der Waals surface area contributed by atoms with Gasteiger partial charge in [0, 0.05) is 24.2 Å². The number of ether oxygens (including phenoxy) is 4. The second-order valence-corrected chi connectivity index (χ2v) is 15.3. The highest BCUT2D eigenvalue weighted by atomic mass is 16.7. The second-order valence-electron chi connectivity index (χ2n) is 15.3. The Bertz CT molecular complexity index is 2110. The Labute approximate surface area is 331 Å². The van der Waals surface area contributed by atoms with E-state index in [4.69, 9.17) is 23.9 Å². The van der Waals surface area contributed by atoms with Crippen LogP contribution in [-0.4, -0.2) is 99.9 Å². The number of methoxy groups -OCH3 is 2. The standard InChI is InChI=1S/C41H50N8O8/c1-22(2)32(46-40(52)54-5)38(50)48-17-7-9-30(48)36-42-19-28(44-36)25-13-11-24(12-14-25)26-15-16-27(35-34(26)56-21-57-35)29-20-43-37(45-29)31-10-8-18-49(31)39(51)33(23(3)4)47-41(53)55-6/h11-16,19-20,22-23,30-33H,7-10,17-18,21H2,1-6H3,(H,42,44)(H,43,45)(H,46,52)(H,47,53). The molecule has 0 bridgehead atoms. The Kier molecular flexibility index (Phi) is 11.4. The molecule has 4 unspecified atom stereocenters. The van der Waals surface area contributed by atoms with Gasteiger partial charge in [-0.2, -0.15) is 0 Å². The van der Waals surface area contributed by atoms with Crippen molar-refractivity contribution >= 4 is 24.0 Å². The summed E-state index contributed by atoms with van der Waals surface area (Å²) < 4.78 is 21.6. The number of benzene rings is 2. The molecule has 7 rings (SSSR count). The summed E-state index contributed by atoms with van der Waals surface area (Å²) in [5, 5.41) is 5.38. The van der Waals surface area contributed by atoms with Gasteiger partial charge in [0.1, 0.15) is 23.7 Å². The monoisotopic (exact) mass is 782 g/mol. The average Bonchev–Trinajstić information content (AvgIpc) is 4.07. The smallest absolute Gasteiger partial charge is 0.407 e. The number of hydrogen-bond acceptors (Lipinski definition) is 10. The molecule has 2 aromatic heterocycles. The maximum Gasteiger partial charge on any atom is 0.407 e. The van der Waals surface area contributed by atoms with Crippen molar-refractivity contribution in [1.82, 2.24) is 40.4 Å². The minimum absolute atomic E-state index is 0.0708. The summed E-state index contributed by atoms with van der Waals surface area (Å²) in [5.74, 6) is 2.00. The van der Waals surface area contributed by atoms with Crippen LogP contribution in [0.25, 0.3) is 33.6 Å². The molecule has 4 aromatic rings. The van der Waals surface area contributed by atoms with Gasteiger partial charge in [-0.25, -0.2) is 19.6 Å². The van der Waals surface area contributed by atoms with Crippen LogP contribution in [0.1, 0.15) is 77.1 Å². The topological polar surface area (TPSA) is 193 Å². The molecule has 3 aliphatic rings. The van der Waals surface area contributed by atoms with E-state index in [0.717, 1.165) is 59.3 Å². The summed E-state index contributed by atoms with van der Waals surface area (Å²) >= 11 is 0. The van der Waals surface area contributed by atoms with Crippen LogP contribution in [-0.2, 0) is 19.1 Å². The Morgan fingerprint density at radius 1 is 0.684 bits per heavy atom. The van der Waals surface area contributed by atoms with E-state index in [-0.39, 0.29) is 42.5 Å². The van der Waals surface area contributed by atoms with Crippen LogP contribution >= 0.6 is 0 Å². The fraction of sp³-hybridized carbons (Fsp3) is 0.463. The quantitative estimate of drug-likeness (QED) is 0.141. The Balaban J connectivity index is 1.07. The fourth-order valence-corrected chi connectivity index (χ4v) is 7.95. The van der Waals surface area contributed by atoms with Gasteiger partial charge in [-0.15, -0.1) is 0 Å². The predicted octanol–water partition coefficient (Wildman–Crippen LogP) is 5.95. The molecule has 0 radical (unpaired) electrons. The molecular formula is C41H50N8O8. The third kappa shape index (κ3) is 7.85. The summed E-state index contributed by atoms with van der Waals surface area (Å²) in [5.41, 5.74) is 5.07. The molecule has 0 aliphatic carbocycles. The zero-order valence-electron chi connectivity index (χ0n) is 33.1. The molecule has 4 amide bonds. The van der Waals surface area contributed by atoms with Crippen molar-refractivity contribution in [2.45, 2.75) is 77.5 Å². The first-order valence-corrected chi connectivity index (χ1v) is 19.4. The minimum atomic E-state index is -0.720. The summed E-state index contributed by atoms with van der Waals surface area (Å²) in [4.78, 5) is 71.0. The number of carbonyl (C=O) groups excluding carboxylic acids is 4. The van der Waals surface area contributed by atoms with Crippen LogP contribution in [0.3, 0.4) is 0 Å². The van der Waals surface area contributed by atoms with Gasteiger partial charge in [-0.05, 0) is 60.8 Å². The number of nitrogens with one attached hydrogen (secondary N) is 4. The van der Waals surface area contributed by atoms with E-state index in [2.05, 4.69) is 25.6 Å². The molecule has 57 heavy (non-hydrogen) atoms. The SMILES string of the molecule is COC(=O)NC(C(=O)N1CCCC1c1ncc(-c2ccc(-c3ccc(-c4cnc(C5CCCN5C(=O)C(NC(=O)OC)C(C)C)[nH]4)c4c3OCO4)cc2)[nH]1)C(C)C. The summed E-state index contributed by atoms with van der Waals surface area (Å²) in [7, 11) is 2.56. The molecular weight excluding hydrogens is 732 g/mol.